The van der Waals surface area contributed by atoms with E-state index in [-0.39, 0.29) is 6.04 Å². The minimum Gasteiger partial charge on any atom is -0.301 e. The van der Waals surface area contributed by atoms with Crippen molar-refractivity contribution in [2.24, 2.45) is 11.8 Å². The molecule has 3 nitrogen and oxygen atoms in total. The first-order valence-corrected chi connectivity index (χ1v) is 10.7. The number of alkyl halides is 1. The van der Waals surface area contributed by atoms with Gasteiger partial charge in [-0.25, -0.2) is 4.39 Å². The van der Waals surface area contributed by atoms with Crippen molar-refractivity contribution in [2.75, 3.05) is 45.8 Å². The highest BCUT2D eigenvalue weighted by Gasteiger charge is 2.33. The van der Waals surface area contributed by atoms with Gasteiger partial charge in [-0.1, -0.05) is 20.8 Å². The number of halogens is 1. The molecule has 2 fully saturated rings. The molecule has 2 unspecified atom stereocenters. The maximum absolute atomic E-state index is 14.5. The standard InChI is InChI=1S/C21H42FN3/c1-6-20(22)21-16-23(13-14-25(21)15-17(2)3)10-7-19-8-11-24(12-9-19)18(4)5/h17-21H,6-16H2,1-5H3. The Labute approximate surface area is 155 Å². The Balaban J connectivity index is 1.77. The first-order valence-electron chi connectivity index (χ1n) is 10.7. The van der Waals surface area contributed by atoms with E-state index < -0.39 is 6.17 Å². The van der Waals surface area contributed by atoms with E-state index in [9.17, 15) is 4.39 Å². The zero-order chi connectivity index (χ0) is 18.4. The Morgan fingerprint density at radius 3 is 2.24 bits per heavy atom. The molecule has 0 aromatic rings. The SMILES string of the molecule is CCC(F)C1CN(CCC2CCN(C(C)C)CC2)CCN1CC(C)C. The van der Waals surface area contributed by atoms with Crippen LogP contribution in [-0.2, 0) is 0 Å². The van der Waals surface area contributed by atoms with Gasteiger partial charge >= 0.3 is 0 Å². The molecule has 2 atom stereocenters. The zero-order valence-corrected chi connectivity index (χ0v) is 17.4. The first kappa shape index (κ1) is 21.1. The van der Waals surface area contributed by atoms with Gasteiger partial charge in [0.15, 0.2) is 0 Å². The highest BCUT2D eigenvalue weighted by atomic mass is 19.1. The maximum atomic E-state index is 14.5. The highest BCUT2D eigenvalue weighted by molar-refractivity contribution is 4.88. The van der Waals surface area contributed by atoms with Crippen molar-refractivity contribution in [3.63, 3.8) is 0 Å². The van der Waals surface area contributed by atoms with Crippen LogP contribution in [0.1, 0.15) is 60.3 Å². The first-order chi connectivity index (χ1) is 11.9. The van der Waals surface area contributed by atoms with E-state index in [1.54, 1.807) is 0 Å². The van der Waals surface area contributed by atoms with Crippen molar-refractivity contribution in [3.8, 4) is 0 Å². The smallest absolute Gasteiger partial charge is 0.117 e. The third kappa shape index (κ3) is 6.48. The lowest BCUT2D eigenvalue weighted by Gasteiger charge is -2.44. The van der Waals surface area contributed by atoms with Crippen LogP contribution in [-0.4, -0.2) is 78.8 Å². The van der Waals surface area contributed by atoms with Crippen LogP contribution in [0.25, 0.3) is 0 Å². The van der Waals surface area contributed by atoms with E-state index in [1.165, 1.54) is 32.4 Å². The second kappa shape index (κ2) is 10.2. The second-order valence-electron chi connectivity index (χ2n) is 9.04. The summed E-state index contributed by atoms with van der Waals surface area (Å²) in [5, 5.41) is 0. The molecule has 2 aliphatic rings. The van der Waals surface area contributed by atoms with Gasteiger partial charge in [-0.2, -0.15) is 0 Å². The number of likely N-dealkylation sites (tertiary alicyclic amines) is 1. The number of rotatable bonds is 8. The van der Waals surface area contributed by atoms with E-state index >= 15 is 0 Å². The average Bonchev–Trinajstić information content (AvgIpc) is 2.60. The third-order valence-corrected chi connectivity index (χ3v) is 6.26. The van der Waals surface area contributed by atoms with Crippen LogP contribution < -0.4 is 0 Å². The normalized spacial score (nSPS) is 26.6. The lowest BCUT2D eigenvalue weighted by Crippen LogP contribution is -2.57. The molecule has 0 N–H and O–H groups in total. The molecule has 0 bridgehead atoms. The van der Waals surface area contributed by atoms with E-state index in [2.05, 4.69) is 42.4 Å². The van der Waals surface area contributed by atoms with Crippen LogP contribution >= 0.6 is 0 Å². The molecular formula is C21H42FN3. The number of nitrogens with zero attached hydrogens (tertiary/aromatic N) is 3. The lowest BCUT2D eigenvalue weighted by molar-refractivity contribution is 0.0165. The van der Waals surface area contributed by atoms with Crippen molar-refractivity contribution in [1.29, 1.82) is 0 Å². The summed E-state index contributed by atoms with van der Waals surface area (Å²) in [6.07, 6.45) is 3.94. The molecule has 0 radical (unpaired) electrons. The molecule has 0 aromatic carbocycles. The molecule has 0 saturated carbocycles. The fourth-order valence-electron chi connectivity index (χ4n) is 4.54. The quantitative estimate of drug-likeness (QED) is 0.654. The molecular weight excluding hydrogens is 313 g/mol. The average molecular weight is 356 g/mol. The zero-order valence-electron chi connectivity index (χ0n) is 17.4. The van der Waals surface area contributed by atoms with E-state index in [0.717, 1.165) is 38.6 Å². The monoisotopic (exact) mass is 355 g/mol. The van der Waals surface area contributed by atoms with Gasteiger partial charge in [0.2, 0.25) is 0 Å². The van der Waals surface area contributed by atoms with Crippen LogP contribution in [0.4, 0.5) is 4.39 Å². The summed E-state index contributed by atoms with van der Waals surface area (Å²) in [5.41, 5.74) is 0. The molecule has 2 rings (SSSR count). The number of piperidine rings is 1. The largest absolute Gasteiger partial charge is 0.301 e. The molecule has 0 amide bonds. The second-order valence-corrected chi connectivity index (χ2v) is 9.04. The fourth-order valence-corrected chi connectivity index (χ4v) is 4.54. The van der Waals surface area contributed by atoms with Gasteiger partial charge in [0.1, 0.15) is 6.17 Å². The number of hydrogen-bond acceptors (Lipinski definition) is 3. The van der Waals surface area contributed by atoms with Crippen molar-refractivity contribution in [1.82, 2.24) is 14.7 Å². The predicted molar refractivity (Wildman–Crippen MR) is 106 cm³/mol. The Bertz CT molecular complexity index is 366. The summed E-state index contributed by atoms with van der Waals surface area (Å²) >= 11 is 0. The van der Waals surface area contributed by atoms with Crippen molar-refractivity contribution < 1.29 is 4.39 Å². The van der Waals surface area contributed by atoms with Crippen molar-refractivity contribution >= 4 is 0 Å². The molecule has 0 aliphatic carbocycles. The molecule has 0 spiro atoms. The molecule has 2 saturated heterocycles. The summed E-state index contributed by atoms with van der Waals surface area (Å²) in [5.74, 6) is 1.48. The number of hydrogen-bond donors (Lipinski definition) is 0. The maximum Gasteiger partial charge on any atom is 0.117 e. The molecule has 2 heterocycles. The van der Waals surface area contributed by atoms with E-state index in [0.29, 0.717) is 18.4 Å². The predicted octanol–water partition coefficient (Wildman–Crippen LogP) is 3.89. The van der Waals surface area contributed by atoms with Gasteiger partial charge < -0.3 is 9.80 Å². The van der Waals surface area contributed by atoms with Crippen LogP contribution in [0, 0.1) is 11.8 Å². The third-order valence-electron chi connectivity index (χ3n) is 6.26. The van der Waals surface area contributed by atoms with Crippen molar-refractivity contribution in [3.05, 3.63) is 0 Å². The van der Waals surface area contributed by atoms with E-state index in [4.69, 9.17) is 0 Å². The summed E-state index contributed by atoms with van der Waals surface area (Å²) in [6, 6.07) is 0.787. The molecule has 148 valence electrons. The number of piperazine rings is 1. The molecule has 0 aromatic heterocycles. The molecule has 25 heavy (non-hydrogen) atoms. The van der Waals surface area contributed by atoms with Crippen LogP contribution in [0.5, 0.6) is 0 Å². The van der Waals surface area contributed by atoms with Gasteiger partial charge in [0.05, 0.1) is 6.04 Å². The fraction of sp³-hybridized carbons (Fsp3) is 1.00. The summed E-state index contributed by atoms with van der Waals surface area (Å²) in [4.78, 5) is 7.56. The van der Waals surface area contributed by atoms with Crippen molar-refractivity contribution in [2.45, 2.75) is 78.6 Å². The Morgan fingerprint density at radius 2 is 1.68 bits per heavy atom. The summed E-state index contributed by atoms with van der Waals surface area (Å²) in [7, 11) is 0. The van der Waals surface area contributed by atoms with Gasteiger partial charge in [-0.3, -0.25) is 4.90 Å². The Kier molecular flexibility index (Phi) is 8.63. The topological polar surface area (TPSA) is 9.72 Å². The van der Waals surface area contributed by atoms with Crippen LogP contribution in [0.15, 0.2) is 0 Å². The van der Waals surface area contributed by atoms with Gasteiger partial charge in [0.25, 0.3) is 0 Å². The molecule has 2 aliphatic heterocycles. The lowest BCUT2D eigenvalue weighted by atomic mass is 9.92. The highest BCUT2D eigenvalue weighted by Crippen LogP contribution is 2.24. The van der Waals surface area contributed by atoms with Crippen LogP contribution in [0.3, 0.4) is 0 Å². The minimum absolute atomic E-state index is 0.101. The Hall–Kier alpha value is -0.190. The van der Waals surface area contributed by atoms with Gasteiger partial charge in [-0.15, -0.1) is 0 Å². The summed E-state index contributed by atoms with van der Waals surface area (Å²) < 4.78 is 14.5. The Morgan fingerprint density at radius 1 is 1.00 bits per heavy atom. The molecule has 4 heteroatoms. The minimum atomic E-state index is -0.684. The summed E-state index contributed by atoms with van der Waals surface area (Å²) in [6.45, 7) is 18.9. The van der Waals surface area contributed by atoms with Gasteiger partial charge in [-0.05, 0) is 71.0 Å². The van der Waals surface area contributed by atoms with E-state index in [1.807, 2.05) is 6.92 Å². The van der Waals surface area contributed by atoms with Crippen LogP contribution in [0.2, 0.25) is 0 Å². The van der Waals surface area contributed by atoms with Gasteiger partial charge in [0, 0.05) is 32.2 Å².